The zero-order valence-electron chi connectivity index (χ0n) is 16.2. The van der Waals surface area contributed by atoms with Crippen LogP contribution in [0, 0.1) is 0 Å². The van der Waals surface area contributed by atoms with Crippen LogP contribution in [0.4, 0.5) is 0 Å². The molecule has 144 valence electrons. The molecule has 0 spiro atoms. The van der Waals surface area contributed by atoms with E-state index in [9.17, 15) is 4.79 Å². The van der Waals surface area contributed by atoms with E-state index in [1.165, 1.54) is 11.1 Å². The number of benzene rings is 2. The number of hydrogen-bond donors (Lipinski definition) is 1. The van der Waals surface area contributed by atoms with Gasteiger partial charge in [0.15, 0.2) is 11.5 Å². The Morgan fingerprint density at radius 1 is 1.07 bits per heavy atom. The summed E-state index contributed by atoms with van der Waals surface area (Å²) in [5, 5.41) is 3.20. The number of fused-ring (bicyclic) bond motifs is 1. The molecule has 0 fully saturated rings. The standard InChI is InChI=1S/C22H27NO4/c1-25-19-13-15(14-20(26-2)22(19)27-3)11-12-21(24)23-18-10-6-8-16-7-4-5-9-17(16)18/h4-5,7,9,13-14,18H,6,8,10-12H2,1-3H3,(H,23,24)/t18-/m0/s1. The summed E-state index contributed by atoms with van der Waals surface area (Å²) in [6.45, 7) is 0. The van der Waals surface area contributed by atoms with E-state index in [2.05, 4.69) is 23.5 Å². The lowest BCUT2D eigenvalue weighted by Gasteiger charge is -2.26. The Morgan fingerprint density at radius 2 is 1.78 bits per heavy atom. The number of carbonyl (C=O) groups excluding carboxylic acids is 1. The van der Waals surface area contributed by atoms with E-state index in [0.717, 1.165) is 24.8 Å². The summed E-state index contributed by atoms with van der Waals surface area (Å²) in [4.78, 5) is 12.5. The molecule has 0 unspecified atom stereocenters. The van der Waals surface area contributed by atoms with Crippen LogP contribution in [-0.2, 0) is 17.6 Å². The van der Waals surface area contributed by atoms with E-state index in [1.807, 2.05) is 18.2 Å². The third kappa shape index (κ3) is 4.35. The van der Waals surface area contributed by atoms with Crippen LogP contribution in [0.25, 0.3) is 0 Å². The normalized spacial score (nSPS) is 15.6. The maximum absolute atomic E-state index is 12.5. The van der Waals surface area contributed by atoms with Crippen LogP contribution >= 0.6 is 0 Å². The van der Waals surface area contributed by atoms with Gasteiger partial charge in [0.1, 0.15) is 0 Å². The van der Waals surface area contributed by atoms with Crippen LogP contribution in [-0.4, -0.2) is 27.2 Å². The number of amides is 1. The van der Waals surface area contributed by atoms with Crippen LogP contribution in [0.2, 0.25) is 0 Å². The number of hydrogen-bond acceptors (Lipinski definition) is 4. The second-order valence-corrected chi connectivity index (χ2v) is 6.74. The molecule has 0 aromatic heterocycles. The third-order valence-electron chi connectivity index (χ3n) is 5.07. The number of aryl methyl sites for hydroxylation is 2. The fourth-order valence-electron chi connectivity index (χ4n) is 3.71. The van der Waals surface area contributed by atoms with Crippen LogP contribution < -0.4 is 19.5 Å². The molecule has 0 saturated heterocycles. The van der Waals surface area contributed by atoms with Gasteiger partial charge in [0, 0.05) is 6.42 Å². The molecule has 0 heterocycles. The molecule has 0 bridgehead atoms. The first-order valence-electron chi connectivity index (χ1n) is 9.32. The smallest absolute Gasteiger partial charge is 0.220 e. The average Bonchev–Trinajstić information content (AvgIpc) is 2.71. The SMILES string of the molecule is COc1cc(CCC(=O)N[C@H]2CCCc3ccccc32)cc(OC)c1OC. The summed E-state index contributed by atoms with van der Waals surface area (Å²) in [6.07, 6.45) is 4.21. The predicted molar refractivity (Wildman–Crippen MR) is 105 cm³/mol. The van der Waals surface area contributed by atoms with Crippen molar-refractivity contribution in [2.45, 2.75) is 38.1 Å². The highest BCUT2D eigenvalue weighted by atomic mass is 16.5. The van der Waals surface area contributed by atoms with Crippen molar-refractivity contribution in [2.75, 3.05) is 21.3 Å². The molecular weight excluding hydrogens is 342 g/mol. The molecule has 1 aliphatic carbocycles. The van der Waals surface area contributed by atoms with Gasteiger partial charge in [0.25, 0.3) is 0 Å². The van der Waals surface area contributed by atoms with E-state index in [4.69, 9.17) is 14.2 Å². The van der Waals surface area contributed by atoms with Crippen molar-refractivity contribution in [2.24, 2.45) is 0 Å². The minimum absolute atomic E-state index is 0.0606. The molecule has 3 rings (SSSR count). The highest BCUT2D eigenvalue weighted by Crippen LogP contribution is 2.38. The van der Waals surface area contributed by atoms with Crippen LogP contribution in [0.1, 0.15) is 42.0 Å². The lowest BCUT2D eigenvalue weighted by molar-refractivity contribution is -0.121. The van der Waals surface area contributed by atoms with Gasteiger partial charge in [-0.3, -0.25) is 4.79 Å². The quantitative estimate of drug-likeness (QED) is 0.806. The number of nitrogens with one attached hydrogen (secondary N) is 1. The zero-order valence-corrected chi connectivity index (χ0v) is 16.2. The Bertz CT molecular complexity index is 778. The predicted octanol–water partition coefficient (Wildman–Crippen LogP) is 3.84. The molecule has 1 amide bonds. The molecule has 0 saturated carbocycles. The van der Waals surface area contributed by atoms with Crippen molar-refractivity contribution >= 4 is 5.91 Å². The Morgan fingerprint density at radius 3 is 2.44 bits per heavy atom. The maximum atomic E-state index is 12.5. The number of methoxy groups -OCH3 is 3. The summed E-state index contributed by atoms with van der Waals surface area (Å²) < 4.78 is 16.1. The van der Waals surface area contributed by atoms with Crippen LogP contribution in [0.15, 0.2) is 36.4 Å². The Kier molecular flexibility index (Phi) is 6.22. The molecule has 27 heavy (non-hydrogen) atoms. The monoisotopic (exact) mass is 369 g/mol. The maximum Gasteiger partial charge on any atom is 0.220 e. The van der Waals surface area contributed by atoms with Gasteiger partial charge >= 0.3 is 0 Å². The molecule has 0 aliphatic heterocycles. The van der Waals surface area contributed by atoms with E-state index in [0.29, 0.717) is 30.1 Å². The van der Waals surface area contributed by atoms with Gasteiger partial charge < -0.3 is 19.5 Å². The molecule has 5 heteroatoms. The van der Waals surface area contributed by atoms with Gasteiger partial charge in [-0.15, -0.1) is 0 Å². The second kappa shape index (κ2) is 8.80. The second-order valence-electron chi connectivity index (χ2n) is 6.74. The lowest BCUT2D eigenvalue weighted by atomic mass is 9.87. The highest BCUT2D eigenvalue weighted by Gasteiger charge is 2.21. The largest absolute Gasteiger partial charge is 0.493 e. The third-order valence-corrected chi connectivity index (χ3v) is 5.07. The van der Waals surface area contributed by atoms with Crippen molar-refractivity contribution in [1.82, 2.24) is 5.32 Å². The summed E-state index contributed by atoms with van der Waals surface area (Å²) in [5.41, 5.74) is 3.58. The molecule has 1 aliphatic rings. The van der Waals surface area contributed by atoms with Crippen molar-refractivity contribution in [3.63, 3.8) is 0 Å². The van der Waals surface area contributed by atoms with Gasteiger partial charge in [0.2, 0.25) is 11.7 Å². The average molecular weight is 369 g/mol. The number of carbonyl (C=O) groups is 1. The molecule has 1 N–H and O–H groups in total. The zero-order chi connectivity index (χ0) is 19.2. The van der Waals surface area contributed by atoms with Crippen LogP contribution in [0.3, 0.4) is 0 Å². The summed E-state index contributed by atoms with van der Waals surface area (Å²) >= 11 is 0. The van der Waals surface area contributed by atoms with E-state index < -0.39 is 0 Å². The first-order valence-corrected chi connectivity index (χ1v) is 9.32. The Hall–Kier alpha value is -2.69. The number of ether oxygens (including phenoxy) is 3. The van der Waals surface area contributed by atoms with Crippen molar-refractivity contribution < 1.29 is 19.0 Å². The van der Waals surface area contributed by atoms with E-state index in [-0.39, 0.29) is 11.9 Å². The Balaban J connectivity index is 1.65. The van der Waals surface area contributed by atoms with E-state index in [1.54, 1.807) is 21.3 Å². The van der Waals surface area contributed by atoms with Gasteiger partial charge in [0.05, 0.1) is 27.4 Å². The highest BCUT2D eigenvalue weighted by molar-refractivity contribution is 5.77. The van der Waals surface area contributed by atoms with Crippen molar-refractivity contribution in [3.05, 3.63) is 53.1 Å². The van der Waals surface area contributed by atoms with Gasteiger partial charge in [-0.25, -0.2) is 0 Å². The minimum atomic E-state index is 0.0606. The van der Waals surface area contributed by atoms with Crippen LogP contribution in [0.5, 0.6) is 17.2 Å². The fourth-order valence-corrected chi connectivity index (χ4v) is 3.71. The Labute approximate surface area is 160 Å². The summed E-state index contributed by atoms with van der Waals surface area (Å²) in [6, 6.07) is 12.3. The first-order chi connectivity index (χ1) is 13.2. The van der Waals surface area contributed by atoms with Crippen molar-refractivity contribution in [1.29, 1.82) is 0 Å². The first kappa shape index (κ1) is 19.1. The number of rotatable bonds is 7. The molecule has 2 aromatic rings. The molecule has 2 aromatic carbocycles. The van der Waals surface area contributed by atoms with E-state index >= 15 is 0 Å². The topological polar surface area (TPSA) is 56.8 Å². The molecule has 0 radical (unpaired) electrons. The summed E-state index contributed by atoms with van der Waals surface area (Å²) in [5.74, 6) is 1.83. The lowest BCUT2D eigenvalue weighted by Crippen LogP contribution is -2.31. The van der Waals surface area contributed by atoms with Gasteiger partial charge in [-0.2, -0.15) is 0 Å². The summed E-state index contributed by atoms with van der Waals surface area (Å²) in [7, 11) is 4.76. The molecule has 1 atom stereocenters. The molecule has 5 nitrogen and oxygen atoms in total. The van der Waals surface area contributed by atoms with Gasteiger partial charge in [-0.1, -0.05) is 24.3 Å². The minimum Gasteiger partial charge on any atom is -0.493 e. The van der Waals surface area contributed by atoms with Crippen molar-refractivity contribution in [3.8, 4) is 17.2 Å². The van der Waals surface area contributed by atoms with Gasteiger partial charge in [-0.05, 0) is 54.5 Å². The molecular formula is C22H27NO4. The fraction of sp³-hybridized carbons (Fsp3) is 0.409.